The first kappa shape index (κ1) is 11.4. The van der Waals surface area contributed by atoms with E-state index in [4.69, 9.17) is 0 Å². The van der Waals surface area contributed by atoms with E-state index in [9.17, 15) is 4.79 Å². The number of carbonyl (C=O) groups is 1. The molecule has 0 bridgehead atoms. The number of amides is 1. The van der Waals surface area contributed by atoms with Crippen LogP contribution in [0.25, 0.3) is 0 Å². The van der Waals surface area contributed by atoms with E-state index in [-0.39, 0.29) is 12.5 Å². The van der Waals surface area contributed by atoms with Gasteiger partial charge in [0.05, 0.1) is 11.4 Å². The van der Waals surface area contributed by atoms with Gasteiger partial charge in [-0.2, -0.15) is 0 Å². The van der Waals surface area contributed by atoms with Gasteiger partial charge in [0.25, 0.3) is 0 Å². The molecule has 0 saturated heterocycles. The van der Waals surface area contributed by atoms with Crippen LogP contribution >= 0.6 is 22.6 Å². The summed E-state index contributed by atoms with van der Waals surface area (Å²) in [6.07, 6.45) is 3.47. The van der Waals surface area contributed by atoms with Gasteiger partial charge in [0.15, 0.2) is 0 Å². The smallest absolute Gasteiger partial charge is 0.244 e. The van der Waals surface area contributed by atoms with E-state index in [0.717, 1.165) is 14.9 Å². The summed E-state index contributed by atoms with van der Waals surface area (Å²) >= 11 is 2.15. The molecule has 0 fully saturated rings. The van der Waals surface area contributed by atoms with E-state index in [1.807, 2.05) is 29.2 Å². The van der Waals surface area contributed by atoms with Crippen molar-refractivity contribution < 1.29 is 4.79 Å². The maximum atomic E-state index is 11.7. The Labute approximate surface area is 117 Å². The fourth-order valence-electron chi connectivity index (χ4n) is 1.86. The molecule has 90 valence electrons. The van der Waals surface area contributed by atoms with E-state index in [2.05, 4.69) is 37.9 Å². The molecule has 0 unspecified atom stereocenters. The minimum atomic E-state index is -0.0594. The second-order valence-electron chi connectivity index (χ2n) is 3.85. The number of benzene rings is 1. The van der Waals surface area contributed by atoms with Crippen LogP contribution in [0, 0.1) is 3.57 Å². The monoisotopic (exact) mass is 352 g/mol. The lowest BCUT2D eigenvalue weighted by Crippen LogP contribution is -2.35. The average Bonchev–Trinajstić information content (AvgIpc) is 2.38. The Morgan fingerprint density at radius 1 is 1.22 bits per heavy atom. The lowest BCUT2D eigenvalue weighted by Gasteiger charge is -2.28. The molecule has 1 aromatic heterocycles. The maximum Gasteiger partial charge on any atom is 0.244 e. The number of aromatic nitrogens is 2. The molecule has 6 heteroatoms. The van der Waals surface area contributed by atoms with Crippen LogP contribution < -0.4 is 10.2 Å². The molecule has 1 aliphatic rings. The number of rotatable bonds is 1. The van der Waals surface area contributed by atoms with Crippen molar-refractivity contribution in [2.75, 3.05) is 16.8 Å². The van der Waals surface area contributed by atoms with Crippen LogP contribution in [-0.4, -0.2) is 22.4 Å². The quantitative estimate of drug-likeness (QED) is 0.800. The number of para-hydroxylation sites is 2. The minimum absolute atomic E-state index is 0.0594. The number of fused-ring (bicyclic) bond motifs is 1. The van der Waals surface area contributed by atoms with Crippen LogP contribution in [0.15, 0.2) is 36.7 Å². The summed E-state index contributed by atoms with van der Waals surface area (Å²) in [5.41, 5.74) is 1.70. The third-order valence-corrected chi connectivity index (χ3v) is 3.18. The van der Waals surface area contributed by atoms with Crippen molar-refractivity contribution in [1.82, 2.24) is 9.97 Å². The molecule has 18 heavy (non-hydrogen) atoms. The second-order valence-corrected chi connectivity index (χ2v) is 5.10. The highest BCUT2D eigenvalue weighted by Crippen LogP contribution is 2.32. The topological polar surface area (TPSA) is 58.1 Å². The van der Waals surface area contributed by atoms with Crippen LogP contribution in [0.5, 0.6) is 0 Å². The van der Waals surface area contributed by atoms with E-state index < -0.39 is 0 Å². The zero-order valence-corrected chi connectivity index (χ0v) is 11.5. The highest BCUT2D eigenvalue weighted by atomic mass is 127. The fourth-order valence-corrected chi connectivity index (χ4v) is 2.14. The van der Waals surface area contributed by atoms with E-state index in [1.54, 1.807) is 12.4 Å². The molecule has 3 rings (SSSR count). The van der Waals surface area contributed by atoms with Crippen molar-refractivity contribution in [3.8, 4) is 0 Å². The van der Waals surface area contributed by atoms with Crippen LogP contribution in [0.4, 0.5) is 17.3 Å². The maximum absolute atomic E-state index is 11.7. The van der Waals surface area contributed by atoms with Crippen molar-refractivity contribution in [3.05, 3.63) is 40.2 Å². The molecule has 0 aliphatic carbocycles. The SMILES string of the molecule is O=C1CN(c2ncc(I)cn2)c2ccccc2N1. The Balaban J connectivity index is 2.07. The predicted molar refractivity (Wildman–Crippen MR) is 76.8 cm³/mol. The summed E-state index contributed by atoms with van der Waals surface area (Å²) in [5.74, 6) is 0.480. The molecule has 5 nitrogen and oxygen atoms in total. The minimum Gasteiger partial charge on any atom is -0.323 e. The summed E-state index contributed by atoms with van der Waals surface area (Å²) in [6, 6.07) is 7.62. The lowest BCUT2D eigenvalue weighted by molar-refractivity contribution is -0.115. The largest absolute Gasteiger partial charge is 0.323 e. The zero-order chi connectivity index (χ0) is 12.5. The Kier molecular flexibility index (Phi) is 2.86. The van der Waals surface area contributed by atoms with Gasteiger partial charge in [-0.3, -0.25) is 9.69 Å². The standard InChI is InChI=1S/C12H9IN4O/c13-8-5-14-12(15-6-8)17-7-11(18)16-9-3-1-2-4-10(9)17/h1-6H,7H2,(H,16,18). The summed E-state index contributed by atoms with van der Waals surface area (Å²) < 4.78 is 0.964. The van der Waals surface area contributed by atoms with Crippen molar-refractivity contribution in [1.29, 1.82) is 0 Å². The molecular formula is C12H9IN4O. The molecule has 0 spiro atoms. The lowest BCUT2D eigenvalue weighted by atomic mass is 10.2. The molecule has 1 aliphatic heterocycles. The molecule has 0 atom stereocenters. The Morgan fingerprint density at radius 3 is 2.72 bits per heavy atom. The molecule has 1 aromatic carbocycles. The number of nitrogens with one attached hydrogen (secondary N) is 1. The first-order valence-electron chi connectivity index (χ1n) is 5.38. The number of hydrogen-bond acceptors (Lipinski definition) is 4. The van der Waals surface area contributed by atoms with Gasteiger partial charge in [-0.1, -0.05) is 12.1 Å². The molecule has 2 aromatic rings. The van der Waals surface area contributed by atoms with Gasteiger partial charge >= 0.3 is 0 Å². The molecular weight excluding hydrogens is 343 g/mol. The average molecular weight is 352 g/mol. The summed E-state index contributed by atoms with van der Waals surface area (Å²) in [7, 11) is 0. The van der Waals surface area contributed by atoms with E-state index in [0.29, 0.717) is 5.95 Å². The van der Waals surface area contributed by atoms with Crippen LogP contribution in [0.1, 0.15) is 0 Å². The predicted octanol–water partition coefficient (Wildman–Crippen LogP) is 2.17. The fraction of sp³-hybridized carbons (Fsp3) is 0.0833. The Hall–Kier alpha value is -1.70. The van der Waals surface area contributed by atoms with Crippen LogP contribution in [-0.2, 0) is 4.79 Å². The highest BCUT2D eigenvalue weighted by Gasteiger charge is 2.24. The van der Waals surface area contributed by atoms with Crippen molar-refractivity contribution >= 4 is 45.8 Å². The first-order chi connectivity index (χ1) is 8.74. The van der Waals surface area contributed by atoms with Crippen LogP contribution in [0.3, 0.4) is 0 Å². The van der Waals surface area contributed by atoms with E-state index >= 15 is 0 Å². The number of anilines is 3. The van der Waals surface area contributed by atoms with Gasteiger partial charge < -0.3 is 5.32 Å². The molecule has 0 saturated carbocycles. The molecule has 1 amide bonds. The number of hydrogen-bond donors (Lipinski definition) is 1. The molecule has 2 heterocycles. The van der Waals surface area contributed by atoms with Gasteiger partial charge in [-0.25, -0.2) is 9.97 Å². The van der Waals surface area contributed by atoms with Crippen molar-refractivity contribution in [2.45, 2.75) is 0 Å². The summed E-state index contributed by atoms with van der Waals surface area (Å²) in [4.78, 5) is 22.0. The summed E-state index contributed by atoms with van der Waals surface area (Å²) in [5, 5.41) is 2.83. The highest BCUT2D eigenvalue weighted by molar-refractivity contribution is 14.1. The number of halogens is 1. The third-order valence-electron chi connectivity index (χ3n) is 2.62. The van der Waals surface area contributed by atoms with E-state index in [1.165, 1.54) is 0 Å². The first-order valence-corrected chi connectivity index (χ1v) is 6.46. The Morgan fingerprint density at radius 2 is 1.94 bits per heavy atom. The van der Waals surface area contributed by atoms with Crippen molar-refractivity contribution in [3.63, 3.8) is 0 Å². The van der Waals surface area contributed by atoms with Crippen LogP contribution in [0.2, 0.25) is 0 Å². The zero-order valence-electron chi connectivity index (χ0n) is 9.30. The second kappa shape index (κ2) is 4.52. The third kappa shape index (κ3) is 2.03. The van der Waals surface area contributed by atoms with Gasteiger partial charge in [-0.15, -0.1) is 0 Å². The summed E-state index contributed by atoms with van der Waals surface area (Å²) in [6.45, 7) is 0.234. The molecule has 1 N–H and O–H groups in total. The van der Waals surface area contributed by atoms with Gasteiger partial charge in [-0.05, 0) is 34.7 Å². The number of nitrogens with zero attached hydrogens (tertiary/aromatic N) is 3. The van der Waals surface area contributed by atoms with Gasteiger partial charge in [0, 0.05) is 16.0 Å². The molecule has 0 radical (unpaired) electrons. The normalized spacial score (nSPS) is 14.1. The Bertz CT molecular complexity index is 599. The van der Waals surface area contributed by atoms with Crippen molar-refractivity contribution in [2.24, 2.45) is 0 Å². The van der Waals surface area contributed by atoms with Gasteiger partial charge in [0.2, 0.25) is 11.9 Å². The number of carbonyl (C=O) groups excluding carboxylic acids is 1. The van der Waals surface area contributed by atoms with Gasteiger partial charge in [0.1, 0.15) is 6.54 Å².